The van der Waals surface area contributed by atoms with Crippen LogP contribution in [0.25, 0.3) is 0 Å². The summed E-state index contributed by atoms with van der Waals surface area (Å²) >= 11 is 0. The highest BCUT2D eigenvalue weighted by Crippen LogP contribution is 2.45. The third kappa shape index (κ3) is 3.19. The van der Waals surface area contributed by atoms with Crippen LogP contribution in [-0.2, 0) is 21.7 Å². The Morgan fingerprint density at radius 2 is 1.55 bits per heavy atom. The van der Waals surface area contributed by atoms with Crippen molar-refractivity contribution in [3.63, 3.8) is 0 Å². The molecule has 2 atom stereocenters. The monoisotopic (exact) mass is 387 g/mol. The fourth-order valence-electron chi connectivity index (χ4n) is 3.98. The highest BCUT2D eigenvalue weighted by atomic mass is 16.5. The fraction of sp³-hybridized carbons (Fsp3) is 0.167. The van der Waals surface area contributed by atoms with Gasteiger partial charge in [-0.3, -0.25) is 9.69 Å². The maximum Gasteiger partial charge on any atom is 0.333 e. The Hall–Kier alpha value is -3.44. The van der Waals surface area contributed by atoms with Gasteiger partial charge in [-0.15, -0.1) is 0 Å². The molecule has 2 unspecified atom stereocenters. The minimum absolute atomic E-state index is 0.150. The maximum atomic E-state index is 13.4. The number of nitrogens with zero attached hydrogens (tertiary/aromatic N) is 1. The zero-order valence-electron chi connectivity index (χ0n) is 16.0. The Labute approximate surface area is 169 Å². The average molecular weight is 387 g/mol. The molecule has 0 aromatic heterocycles. The van der Waals surface area contributed by atoms with Gasteiger partial charge < -0.3 is 9.84 Å². The first-order valence-electron chi connectivity index (χ1n) is 9.38. The smallest absolute Gasteiger partial charge is 0.333 e. The van der Waals surface area contributed by atoms with Gasteiger partial charge in [-0.05, 0) is 17.2 Å². The molecule has 1 aliphatic rings. The molecule has 0 spiro atoms. The summed E-state index contributed by atoms with van der Waals surface area (Å²) in [4.78, 5) is 27.5. The van der Waals surface area contributed by atoms with Gasteiger partial charge in [-0.1, -0.05) is 78.9 Å². The van der Waals surface area contributed by atoms with Crippen molar-refractivity contribution in [2.45, 2.75) is 18.2 Å². The zero-order chi connectivity index (χ0) is 20.4. The number of hydrogen-bond acceptors (Lipinski definition) is 4. The molecule has 0 bridgehead atoms. The van der Waals surface area contributed by atoms with E-state index < -0.39 is 23.6 Å². The van der Waals surface area contributed by atoms with Gasteiger partial charge in [0.1, 0.15) is 0 Å². The summed E-state index contributed by atoms with van der Waals surface area (Å²) in [5, 5.41) is 11.9. The van der Waals surface area contributed by atoms with Crippen LogP contribution in [0.2, 0.25) is 0 Å². The predicted molar refractivity (Wildman–Crippen MR) is 108 cm³/mol. The van der Waals surface area contributed by atoms with Crippen LogP contribution in [0.3, 0.4) is 0 Å². The van der Waals surface area contributed by atoms with E-state index in [-0.39, 0.29) is 6.42 Å². The van der Waals surface area contributed by atoms with E-state index in [0.717, 1.165) is 5.56 Å². The third-order valence-electron chi connectivity index (χ3n) is 5.30. The normalized spacial score (nSPS) is 19.0. The van der Waals surface area contributed by atoms with Crippen molar-refractivity contribution in [1.29, 1.82) is 0 Å². The van der Waals surface area contributed by atoms with Crippen molar-refractivity contribution in [2.75, 3.05) is 7.11 Å². The molecule has 5 heteroatoms. The van der Waals surface area contributed by atoms with Gasteiger partial charge in [0.2, 0.25) is 0 Å². The van der Waals surface area contributed by atoms with Gasteiger partial charge in [0, 0.05) is 17.5 Å². The molecule has 3 aromatic rings. The second kappa shape index (κ2) is 7.53. The molecule has 0 saturated heterocycles. The van der Waals surface area contributed by atoms with E-state index in [2.05, 4.69) is 0 Å². The van der Waals surface area contributed by atoms with Gasteiger partial charge >= 0.3 is 5.97 Å². The summed E-state index contributed by atoms with van der Waals surface area (Å²) in [6, 6.07) is 24.2. The molecule has 1 amide bonds. The first-order chi connectivity index (χ1) is 14.1. The van der Waals surface area contributed by atoms with Crippen LogP contribution >= 0.6 is 0 Å². The lowest BCUT2D eigenvalue weighted by Crippen LogP contribution is -2.50. The second-order valence-electron chi connectivity index (χ2n) is 7.04. The fourth-order valence-corrected chi connectivity index (χ4v) is 3.98. The van der Waals surface area contributed by atoms with Crippen molar-refractivity contribution < 1.29 is 19.4 Å². The lowest BCUT2D eigenvalue weighted by atomic mass is 9.92. The SMILES string of the molecule is COC(=O)C(c1ccccc1)N1C(=O)c2ccccc2C1(O)Cc1ccccc1. The highest BCUT2D eigenvalue weighted by molar-refractivity contribution is 6.02. The summed E-state index contributed by atoms with van der Waals surface area (Å²) < 4.78 is 5.03. The van der Waals surface area contributed by atoms with Crippen molar-refractivity contribution in [3.05, 3.63) is 107 Å². The molecule has 0 saturated carbocycles. The van der Waals surface area contributed by atoms with E-state index in [1.54, 1.807) is 48.5 Å². The minimum atomic E-state index is -1.69. The van der Waals surface area contributed by atoms with Crippen LogP contribution in [0.15, 0.2) is 84.9 Å². The Kier molecular flexibility index (Phi) is 4.91. The Morgan fingerprint density at radius 1 is 0.966 bits per heavy atom. The van der Waals surface area contributed by atoms with Crippen LogP contribution in [-0.4, -0.2) is 29.0 Å². The molecular formula is C24H21NO4. The van der Waals surface area contributed by atoms with Crippen LogP contribution in [0.5, 0.6) is 0 Å². The molecule has 0 radical (unpaired) electrons. The standard InChI is InChI=1S/C24H21NO4/c1-29-23(27)21(18-12-6-3-7-13-18)25-22(26)19-14-8-9-15-20(19)24(25,28)16-17-10-4-2-5-11-17/h2-15,21,28H,16H2,1H3. The molecule has 0 fully saturated rings. The number of aliphatic hydroxyl groups is 1. The molecule has 146 valence electrons. The van der Waals surface area contributed by atoms with Gasteiger partial charge in [0.15, 0.2) is 11.8 Å². The number of carbonyl (C=O) groups excluding carboxylic acids is 2. The number of amides is 1. The summed E-state index contributed by atoms with van der Waals surface area (Å²) in [5.74, 6) is -1.01. The highest BCUT2D eigenvalue weighted by Gasteiger charge is 2.53. The number of rotatable bonds is 5. The van der Waals surface area contributed by atoms with Gasteiger partial charge in [0.25, 0.3) is 5.91 Å². The Bertz CT molecular complexity index is 1040. The van der Waals surface area contributed by atoms with E-state index in [0.29, 0.717) is 16.7 Å². The number of ether oxygens (including phenoxy) is 1. The van der Waals surface area contributed by atoms with Crippen LogP contribution in [0.4, 0.5) is 0 Å². The van der Waals surface area contributed by atoms with Crippen LogP contribution in [0, 0.1) is 0 Å². The minimum Gasteiger partial charge on any atom is -0.467 e. The van der Waals surface area contributed by atoms with E-state index in [1.807, 2.05) is 36.4 Å². The quantitative estimate of drug-likeness (QED) is 0.681. The average Bonchev–Trinajstić information content (AvgIpc) is 2.97. The lowest BCUT2D eigenvalue weighted by Gasteiger charge is -2.39. The number of methoxy groups -OCH3 is 1. The van der Waals surface area contributed by atoms with Crippen LogP contribution < -0.4 is 0 Å². The van der Waals surface area contributed by atoms with E-state index >= 15 is 0 Å². The van der Waals surface area contributed by atoms with E-state index in [9.17, 15) is 14.7 Å². The largest absolute Gasteiger partial charge is 0.467 e. The number of fused-ring (bicyclic) bond motifs is 1. The van der Waals surface area contributed by atoms with Crippen LogP contribution in [0.1, 0.15) is 33.1 Å². The summed E-state index contributed by atoms with van der Waals surface area (Å²) in [6.07, 6.45) is 0.150. The molecule has 1 heterocycles. The van der Waals surface area contributed by atoms with E-state index in [1.165, 1.54) is 12.0 Å². The molecule has 29 heavy (non-hydrogen) atoms. The van der Waals surface area contributed by atoms with E-state index in [4.69, 9.17) is 4.74 Å². The van der Waals surface area contributed by atoms with Crippen molar-refractivity contribution >= 4 is 11.9 Å². The first kappa shape index (κ1) is 18.9. The number of carbonyl (C=O) groups is 2. The number of benzene rings is 3. The first-order valence-corrected chi connectivity index (χ1v) is 9.38. The van der Waals surface area contributed by atoms with Gasteiger partial charge in [0.05, 0.1) is 7.11 Å². The van der Waals surface area contributed by atoms with Crippen molar-refractivity contribution in [3.8, 4) is 0 Å². The molecule has 1 aliphatic heterocycles. The number of esters is 1. The molecule has 0 aliphatic carbocycles. The van der Waals surface area contributed by atoms with Crippen molar-refractivity contribution in [2.24, 2.45) is 0 Å². The molecular weight excluding hydrogens is 366 g/mol. The Morgan fingerprint density at radius 3 is 2.21 bits per heavy atom. The summed E-state index contributed by atoms with van der Waals surface area (Å²) in [5.41, 5.74) is 0.603. The Balaban J connectivity index is 1.89. The maximum absolute atomic E-state index is 13.4. The lowest BCUT2D eigenvalue weighted by molar-refractivity contribution is -0.159. The van der Waals surface area contributed by atoms with Gasteiger partial charge in [-0.25, -0.2) is 4.79 Å². The molecule has 5 nitrogen and oxygen atoms in total. The van der Waals surface area contributed by atoms with Gasteiger partial charge in [-0.2, -0.15) is 0 Å². The zero-order valence-corrected chi connectivity index (χ0v) is 16.0. The molecule has 1 N–H and O–H groups in total. The summed E-state index contributed by atoms with van der Waals surface area (Å²) in [6.45, 7) is 0. The third-order valence-corrected chi connectivity index (χ3v) is 5.30. The molecule has 3 aromatic carbocycles. The summed E-state index contributed by atoms with van der Waals surface area (Å²) in [7, 11) is 1.28. The predicted octanol–water partition coefficient (Wildman–Crippen LogP) is 3.44. The number of hydrogen-bond donors (Lipinski definition) is 1. The van der Waals surface area contributed by atoms with Crippen molar-refractivity contribution in [1.82, 2.24) is 4.90 Å². The molecule has 4 rings (SSSR count). The second-order valence-corrected chi connectivity index (χ2v) is 7.04. The topological polar surface area (TPSA) is 66.8 Å².